The zero-order valence-corrected chi connectivity index (χ0v) is 34.4. The fourth-order valence-electron chi connectivity index (χ4n) is 5.49. The monoisotopic (exact) mass is 881 g/mol. The van der Waals surface area contributed by atoms with Crippen LogP contribution < -0.4 is 26.5 Å². The van der Waals surface area contributed by atoms with Crippen LogP contribution in [0.2, 0.25) is 0 Å². The van der Waals surface area contributed by atoms with Gasteiger partial charge in [-0.1, -0.05) is 124 Å². The number of hydrogen-bond donors (Lipinski definition) is 2. The quantitative estimate of drug-likeness (QED) is 0.0416. The fourth-order valence-corrected chi connectivity index (χ4v) is 10.3. The summed E-state index contributed by atoms with van der Waals surface area (Å²) < 4.78 is 15.7. The Hall–Kier alpha value is -2.82. The number of rotatable bonds is 22. The highest BCUT2D eigenvalue weighted by Crippen LogP contribution is 2.56. The Kier molecular flexibility index (Phi) is 19.7. The van der Waals surface area contributed by atoms with Gasteiger partial charge in [-0.3, -0.25) is 14.4 Å². The van der Waals surface area contributed by atoms with Crippen LogP contribution in [0.25, 0.3) is 0 Å². The Labute approximate surface area is 345 Å². The van der Waals surface area contributed by atoms with Gasteiger partial charge in [-0.2, -0.15) is 0 Å². The molecule has 10 nitrogen and oxygen atoms in total. The van der Waals surface area contributed by atoms with Gasteiger partial charge in [0, 0.05) is 13.0 Å². The topological polar surface area (TPSA) is 137 Å². The predicted octanol–water partition coefficient (Wildman–Crippen LogP) is 5.94. The van der Waals surface area contributed by atoms with Gasteiger partial charge in [0.05, 0.1) is 12.6 Å². The molecule has 0 unspecified atom stereocenters. The van der Waals surface area contributed by atoms with E-state index in [1.807, 2.05) is 54.6 Å². The second-order valence-electron chi connectivity index (χ2n) is 12.0. The first-order valence-electron chi connectivity index (χ1n) is 16.8. The maximum atomic E-state index is 13.5. The lowest BCUT2D eigenvalue weighted by molar-refractivity contribution is -0.158. The number of nitrogens with one attached hydrogen (secondary N) is 2. The molecular formula is C37H40Cl6N2O8P+. The van der Waals surface area contributed by atoms with Gasteiger partial charge in [-0.15, -0.1) is 0 Å². The SMILES string of the molecule is O=C(CCCCC[P+](c1ccccc1)(c1ccccc1)c1ccccc1)NC(COC(=O)CCNC(=O)C(Cl)Cl)(COC(=O)C(Cl)Cl)COC(=O)C(Cl)Cl. The summed E-state index contributed by atoms with van der Waals surface area (Å²) in [6.45, 7) is -2.14. The first-order chi connectivity index (χ1) is 25.8. The Morgan fingerprint density at radius 3 is 1.44 bits per heavy atom. The Morgan fingerprint density at radius 2 is 1.02 bits per heavy atom. The van der Waals surface area contributed by atoms with Crippen LogP contribution in [0.4, 0.5) is 0 Å². The molecule has 0 fully saturated rings. The molecule has 0 aromatic heterocycles. The molecule has 0 atom stereocenters. The lowest BCUT2D eigenvalue weighted by Crippen LogP contribution is -2.59. The van der Waals surface area contributed by atoms with E-state index in [1.54, 1.807) is 0 Å². The molecule has 292 valence electrons. The van der Waals surface area contributed by atoms with Crippen LogP contribution in [0.5, 0.6) is 0 Å². The number of benzene rings is 3. The maximum Gasteiger partial charge on any atom is 0.339 e. The van der Waals surface area contributed by atoms with E-state index in [1.165, 1.54) is 15.9 Å². The van der Waals surface area contributed by atoms with E-state index in [9.17, 15) is 24.0 Å². The van der Waals surface area contributed by atoms with Crippen LogP contribution in [0.1, 0.15) is 32.1 Å². The fraction of sp³-hybridized carbons (Fsp3) is 0.378. The van der Waals surface area contributed by atoms with Crippen molar-refractivity contribution in [3.63, 3.8) is 0 Å². The predicted molar refractivity (Wildman–Crippen MR) is 216 cm³/mol. The highest BCUT2D eigenvalue weighted by molar-refractivity contribution is 7.95. The summed E-state index contributed by atoms with van der Waals surface area (Å²) >= 11 is 33.6. The third-order valence-electron chi connectivity index (χ3n) is 8.07. The van der Waals surface area contributed by atoms with Crippen molar-refractivity contribution in [2.45, 2.75) is 52.2 Å². The van der Waals surface area contributed by atoms with Crippen molar-refractivity contribution in [1.29, 1.82) is 0 Å². The minimum atomic E-state index is -2.07. The van der Waals surface area contributed by atoms with E-state index in [0.29, 0.717) is 12.8 Å². The van der Waals surface area contributed by atoms with Crippen molar-refractivity contribution in [3.05, 3.63) is 91.0 Å². The molecule has 0 heterocycles. The standard InChI is InChI=1S/C37H39Cl6N2O8P/c38-31(39)34(48)44-21-20-30(47)51-23-37(24-52-35(49)32(40)41,25-53-36(50)33(42)43)45-29(46)19-11-4-12-22-54(26-13-5-1-6-14-26,27-15-7-2-8-16-27)28-17-9-3-10-18-28/h1-3,5-10,13-18,31-33H,4,11-12,19-25H2,(H-,44,45,46,48)/p+1. The molecule has 2 amide bonds. The van der Waals surface area contributed by atoms with E-state index in [-0.39, 0.29) is 19.4 Å². The van der Waals surface area contributed by atoms with Crippen LogP contribution in [-0.2, 0) is 38.2 Å². The summed E-state index contributed by atoms with van der Waals surface area (Å²) in [4.78, 5) is 57.7. The smallest absolute Gasteiger partial charge is 0.339 e. The molecule has 0 aliphatic carbocycles. The molecule has 0 spiro atoms. The largest absolute Gasteiger partial charge is 0.463 e. The van der Waals surface area contributed by atoms with Gasteiger partial charge in [0.1, 0.15) is 48.5 Å². The highest BCUT2D eigenvalue weighted by Gasteiger charge is 2.44. The van der Waals surface area contributed by atoms with Gasteiger partial charge in [0.15, 0.2) is 4.84 Å². The molecule has 0 aliphatic rings. The highest BCUT2D eigenvalue weighted by atomic mass is 35.5. The number of ether oxygens (including phenoxy) is 3. The molecule has 3 aromatic carbocycles. The molecule has 0 radical (unpaired) electrons. The summed E-state index contributed by atoms with van der Waals surface area (Å²) in [5.41, 5.74) is -1.81. The molecule has 0 saturated carbocycles. The van der Waals surface area contributed by atoms with Gasteiger partial charge in [0.2, 0.25) is 15.6 Å². The van der Waals surface area contributed by atoms with Gasteiger partial charge < -0.3 is 24.8 Å². The van der Waals surface area contributed by atoms with Crippen molar-refractivity contribution in [3.8, 4) is 0 Å². The van der Waals surface area contributed by atoms with Crippen LogP contribution in [0.3, 0.4) is 0 Å². The maximum absolute atomic E-state index is 13.5. The van der Waals surface area contributed by atoms with Crippen molar-refractivity contribution in [1.82, 2.24) is 10.6 Å². The molecule has 3 aromatic rings. The Balaban J connectivity index is 1.76. The van der Waals surface area contributed by atoms with Gasteiger partial charge in [0.25, 0.3) is 5.91 Å². The minimum Gasteiger partial charge on any atom is -0.463 e. The Bertz CT molecular complexity index is 1540. The van der Waals surface area contributed by atoms with Crippen LogP contribution in [0.15, 0.2) is 91.0 Å². The normalized spacial score (nSPS) is 11.6. The third-order valence-corrected chi connectivity index (χ3v) is 13.7. The molecule has 3 rings (SSSR count). The lowest BCUT2D eigenvalue weighted by atomic mass is 10.0. The second kappa shape index (κ2) is 23.3. The first-order valence-corrected chi connectivity index (χ1v) is 21.4. The summed E-state index contributed by atoms with van der Waals surface area (Å²) in [6.07, 6.45) is 2.51. The molecule has 0 aliphatic heterocycles. The van der Waals surface area contributed by atoms with E-state index in [2.05, 4.69) is 47.0 Å². The van der Waals surface area contributed by atoms with E-state index >= 15 is 0 Å². The van der Waals surface area contributed by atoms with E-state index < -0.39 is 76.9 Å². The number of alkyl halides is 6. The number of hydrogen-bond acceptors (Lipinski definition) is 8. The second-order valence-corrected chi connectivity index (χ2v) is 18.9. The molecule has 0 saturated heterocycles. The third kappa shape index (κ3) is 14.4. The van der Waals surface area contributed by atoms with Crippen LogP contribution >= 0.6 is 76.9 Å². The molecular weight excluding hydrogens is 844 g/mol. The van der Waals surface area contributed by atoms with Crippen molar-refractivity contribution in [2.24, 2.45) is 0 Å². The zero-order valence-electron chi connectivity index (χ0n) is 28.9. The van der Waals surface area contributed by atoms with Gasteiger partial charge in [-0.05, 0) is 55.7 Å². The van der Waals surface area contributed by atoms with Gasteiger partial charge in [-0.25, -0.2) is 9.59 Å². The van der Waals surface area contributed by atoms with Crippen LogP contribution in [-0.4, -0.2) is 82.3 Å². The average molecular weight is 884 g/mol. The number of halogens is 6. The summed E-state index contributed by atoms with van der Waals surface area (Å²) in [5.74, 6) is -4.19. The van der Waals surface area contributed by atoms with E-state index in [4.69, 9.17) is 83.8 Å². The Morgan fingerprint density at radius 1 is 0.574 bits per heavy atom. The van der Waals surface area contributed by atoms with Gasteiger partial charge >= 0.3 is 17.9 Å². The summed E-state index contributed by atoms with van der Waals surface area (Å²) in [7, 11) is -2.07. The number of carbonyl (C=O) groups excluding carboxylic acids is 5. The summed E-state index contributed by atoms with van der Waals surface area (Å²) in [5, 5.41) is 8.81. The number of amides is 2. The average Bonchev–Trinajstić information content (AvgIpc) is 3.17. The lowest BCUT2D eigenvalue weighted by Gasteiger charge is -2.33. The molecule has 0 bridgehead atoms. The zero-order chi connectivity index (χ0) is 39.6. The summed E-state index contributed by atoms with van der Waals surface area (Å²) in [6, 6.07) is 31.3. The van der Waals surface area contributed by atoms with Crippen molar-refractivity contribution < 1.29 is 38.2 Å². The van der Waals surface area contributed by atoms with E-state index in [0.717, 1.165) is 12.6 Å². The molecule has 54 heavy (non-hydrogen) atoms. The number of unbranched alkanes of at least 4 members (excludes halogenated alkanes) is 2. The van der Waals surface area contributed by atoms with Crippen LogP contribution in [0, 0.1) is 0 Å². The molecule has 2 N–H and O–H groups in total. The first kappa shape index (κ1) is 45.6. The molecule has 17 heteroatoms. The van der Waals surface area contributed by atoms with Crippen molar-refractivity contribution in [2.75, 3.05) is 32.5 Å². The van der Waals surface area contributed by atoms with Crippen molar-refractivity contribution >= 4 is 123 Å². The minimum absolute atomic E-state index is 0.0242. The number of carbonyl (C=O) groups is 5. The number of esters is 3.